The van der Waals surface area contributed by atoms with Crippen molar-refractivity contribution in [1.82, 2.24) is 19.7 Å². The van der Waals surface area contributed by atoms with Gasteiger partial charge in [0.15, 0.2) is 11.6 Å². The highest BCUT2D eigenvalue weighted by molar-refractivity contribution is 6.30. The minimum atomic E-state index is 0.0902. The molecule has 7 heteroatoms. The zero-order valence-corrected chi connectivity index (χ0v) is 14.4. The SMILES string of the molecule is CC1CC(=O)c2c(Nc3ccc(Cl)cc3)nn(-c3ncccn3)c2C1. The van der Waals surface area contributed by atoms with Crippen LogP contribution in [0.3, 0.4) is 0 Å². The normalized spacial score (nSPS) is 16.6. The van der Waals surface area contributed by atoms with E-state index in [9.17, 15) is 4.79 Å². The second-order valence-electron chi connectivity index (χ2n) is 6.20. The van der Waals surface area contributed by atoms with Crippen LogP contribution in [0.1, 0.15) is 29.4 Å². The molecule has 0 saturated carbocycles. The molecule has 0 amide bonds. The lowest BCUT2D eigenvalue weighted by Crippen LogP contribution is -2.20. The number of ketones is 1. The molecule has 126 valence electrons. The van der Waals surface area contributed by atoms with Gasteiger partial charge in [-0.05, 0) is 42.7 Å². The van der Waals surface area contributed by atoms with E-state index in [0.29, 0.717) is 28.8 Å². The van der Waals surface area contributed by atoms with Crippen molar-refractivity contribution in [3.05, 3.63) is 59.0 Å². The lowest BCUT2D eigenvalue weighted by atomic mass is 9.88. The van der Waals surface area contributed by atoms with Crippen LogP contribution < -0.4 is 5.32 Å². The number of Topliss-reactive ketones (excluding diaryl/α,β-unsaturated/α-hetero) is 1. The molecule has 1 aliphatic rings. The summed E-state index contributed by atoms with van der Waals surface area (Å²) in [6.45, 7) is 2.07. The summed E-state index contributed by atoms with van der Waals surface area (Å²) in [5.74, 6) is 1.35. The van der Waals surface area contributed by atoms with E-state index in [1.807, 2.05) is 12.1 Å². The minimum Gasteiger partial charge on any atom is -0.338 e. The Morgan fingerprint density at radius 3 is 2.60 bits per heavy atom. The monoisotopic (exact) mass is 353 g/mol. The molecule has 3 aromatic rings. The Morgan fingerprint density at radius 1 is 1.16 bits per heavy atom. The van der Waals surface area contributed by atoms with Gasteiger partial charge >= 0.3 is 0 Å². The summed E-state index contributed by atoms with van der Waals surface area (Å²) in [6.07, 6.45) is 4.60. The van der Waals surface area contributed by atoms with Gasteiger partial charge in [-0.1, -0.05) is 18.5 Å². The third-order valence-corrected chi connectivity index (χ3v) is 4.44. The van der Waals surface area contributed by atoms with E-state index in [-0.39, 0.29) is 11.7 Å². The van der Waals surface area contributed by atoms with Crippen LogP contribution in [0.2, 0.25) is 5.02 Å². The van der Waals surface area contributed by atoms with E-state index in [2.05, 4.69) is 27.3 Å². The summed E-state index contributed by atoms with van der Waals surface area (Å²) in [6, 6.07) is 9.03. The molecule has 0 aliphatic heterocycles. The maximum absolute atomic E-state index is 12.7. The second kappa shape index (κ2) is 6.29. The second-order valence-corrected chi connectivity index (χ2v) is 6.64. The Balaban J connectivity index is 1.82. The van der Waals surface area contributed by atoms with Crippen LogP contribution in [0.15, 0.2) is 42.7 Å². The van der Waals surface area contributed by atoms with Crippen molar-refractivity contribution in [3.8, 4) is 5.95 Å². The van der Waals surface area contributed by atoms with Gasteiger partial charge in [-0.25, -0.2) is 14.6 Å². The van der Waals surface area contributed by atoms with Crippen LogP contribution in [-0.2, 0) is 6.42 Å². The molecule has 0 saturated heterocycles. The number of nitrogens with one attached hydrogen (secondary N) is 1. The van der Waals surface area contributed by atoms with Gasteiger partial charge < -0.3 is 5.32 Å². The molecule has 0 spiro atoms. The van der Waals surface area contributed by atoms with Gasteiger partial charge in [-0.15, -0.1) is 5.10 Å². The fourth-order valence-corrected chi connectivity index (χ4v) is 3.20. The number of halogens is 1. The first-order valence-electron chi connectivity index (χ1n) is 8.07. The highest BCUT2D eigenvalue weighted by Gasteiger charge is 2.31. The molecule has 1 N–H and O–H groups in total. The van der Waals surface area contributed by atoms with E-state index < -0.39 is 0 Å². The smallest absolute Gasteiger partial charge is 0.250 e. The molecular formula is C18H16ClN5O. The molecule has 25 heavy (non-hydrogen) atoms. The van der Waals surface area contributed by atoms with Gasteiger partial charge in [0.05, 0.1) is 11.3 Å². The first kappa shape index (κ1) is 15.8. The number of aromatic nitrogens is 4. The third-order valence-electron chi connectivity index (χ3n) is 4.18. The molecule has 2 aromatic heterocycles. The summed E-state index contributed by atoms with van der Waals surface area (Å²) in [7, 11) is 0. The fourth-order valence-electron chi connectivity index (χ4n) is 3.08. The quantitative estimate of drug-likeness (QED) is 0.774. The van der Waals surface area contributed by atoms with Crippen molar-refractivity contribution in [2.75, 3.05) is 5.32 Å². The molecule has 6 nitrogen and oxygen atoms in total. The van der Waals surface area contributed by atoms with E-state index in [0.717, 1.165) is 17.8 Å². The van der Waals surface area contributed by atoms with Crippen LogP contribution in [0.5, 0.6) is 0 Å². The third kappa shape index (κ3) is 3.00. The van der Waals surface area contributed by atoms with Crippen LogP contribution in [-0.4, -0.2) is 25.5 Å². The Bertz CT molecular complexity index is 921. The molecule has 1 aromatic carbocycles. The summed E-state index contributed by atoms with van der Waals surface area (Å²) < 4.78 is 1.67. The molecule has 1 aliphatic carbocycles. The largest absolute Gasteiger partial charge is 0.338 e. The molecule has 1 atom stereocenters. The number of anilines is 2. The molecule has 0 radical (unpaired) electrons. The van der Waals surface area contributed by atoms with Crippen molar-refractivity contribution >= 4 is 28.9 Å². The summed E-state index contributed by atoms with van der Waals surface area (Å²) >= 11 is 5.94. The number of rotatable bonds is 3. The van der Waals surface area contributed by atoms with Crippen LogP contribution in [0, 0.1) is 5.92 Å². The van der Waals surface area contributed by atoms with Crippen LogP contribution >= 0.6 is 11.6 Å². The zero-order chi connectivity index (χ0) is 17.4. The number of carbonyl (C=O) groups excluding carboxylic acids is 1. The van der Waals surface area contributed by atoms with E-state index in [1.54, 1.807) is 35.3 Å². The standard InChI is InChI=1S/C18H16ClN5O/c1-11-9-14-16(15(25)10-11)17(22-13-5-3-12(19)4-6-13)23-24(14)18-20-7-2-8-21-18/h2-8,11H,9-10H2,1H3,(H,22,23). The molecule has 2 heterocycles. The Morgan fingerprint density at radius 2 is 1.88 bits per heavy atom. The maximum Gasteiger partial charge on any atom is 0.250 e. The number of hydrogen-bond donors (Lipinski definition) is 1. The van der Waals surface area contributed by atoms with Crippen molar-refractivity contribution in [1.29, 1.82) is 0 Å². The van der Waals surface area contributed by atoms with Gasteiger partial charge in [-0.2, -0.15) is 0 Å². The van der Waals surface area contributed by atoms with Crippen LogP contribution in [0.25, 0.3) is 5.95 Å². The van der Waals surface area contributed by atoms with E-state index in [4.69, 9.17) is 11.6 Å². The Labute approximate surface area is 149 Å². The first-order valence-corrected chi connectivity index (χ1v) is 8.44. The van der Waals surface area contributed by atoms with E-state index >= 15 is 0 Å². The highest BCUT2D eigenvalue weighted by atomic mass is 35.5. The van der Waals surface area contributed by atoms with Crippen molar-refractivity contribution in [2.45, 2.75) is 19.8 Å². The Hall–Kier alpha value is -2.73. The molecular weight excluding hydrogens is 338 g/mol. The average molecular weight is 354 g/mol. The minimum absolute atomic E-state index is 0.0902. The number of carbonyl (C=O) groups is 1. The zero-order valence-electron chi connectivity index (χ0n) is 13.6. The lowest BCUT2D eigenvalue weighted by molar-refractivity contribution is 0.0953. The fraction of sp³-hybridized carbons (Fsp3) is 0.222. The molecule has 0 bridgehead atoms. The van der Waals surface area contributed by atoms with Gasteiger partial charge in [0, 0.05) is 29.5 Å². The van der Waals surface area contributed by atoms with Crippen LogP contribution in [0.4, 0.5) is 11.5 Å². The lowest BCUT2D eigenvalue weighted by Gasteiger charge is -2.18. The first-order chi connectivity index (χ1) is 12.1. The number of benzene rings is 1. The summed E-state index contributed by atoms with van der Waals surface area (Å²) in [5.41, 5.74) is 2.30. The topological polar surface area (TPSA) is 72.7 Å². The molecule has 0 fully saturated rings. The predicted octanol–water partition coefficient (Wildman–Crippen LogP) is 3.82. The molecule has 1 unspecified atom stereocenters. The van der Waals surface area contributed by atoms with Gasteiger partial charge in [0.25, 0.3) is 5.95 Å². The number of nitrogens with zero attached hydrogens (tertiary/aromatic N) is 4. The van der Waals surface area contributed by atoms with Gasteiger partial charge in [-0.3, -0.25) is 4.79 Å². The van der Waals surface area contributed by atoms with Crippen molar-refractivity contribution in [2.24, 2.45) is 5.92 Å². The average Bonchev–Trinajstić information content (AvgIpc) is 2.96. The van der Waals surface area contributed by atoms with Crippen molar-refractivity contribution < 1.29 is 4.79 Å². The predicted molar refractivity (Wildman–Crippen MR) is 95.7 cm³/mol. The van der Waals surface area contributed by atoms with Gasteiger partial charge in [0.1, 0.15) is 0 Å². The highest BCUT2D eigenvalue weighted by Crippen LogP contribution is 2.33. The summed E-state index contributed by atoms with van der Waals surface area (Å²) in [5, 5.41) is 8.47. The Kier molecular flexibility index (Phi) is 3.97. The van der Waals surface area contributed by atoms with Crippen molar-refractivity contribution in [3.63, 3.8) is 0 Å². The summed E-state index contributed by atoms with van der Waals surface area (Å²) in [4.78, 5) is 21.2. The number of hydrogen-bond acceptors (Lipinski definition) is 5. The molecule has 4 rings (SSSR count). The van der Waals surface area contributed by atoms with E-state index in [1.165, 1.54) is 0 Å². The number of fused-ring (bicyclic) bond motifs is 1. The maximum atomic E-state index is 12.7. The van der Waals surface area contributed by atoms with Gasteiger partial charge in [0.2, 0.25) is 0 Å².